The summed E-state index contributed by atoms with van der Waals surface area (Å²) in [5.41, 5.74) is 2.04. The summed E-state index contributed by atoms with van der Waals surface area (Å²) in [7, 11) is 1.89. The standard InChI is InChI=1S/C19H26N4O2/c1-20-18-17-6-4-9-22(17)13-15(21-18)16-5-2-3-10-23(16)19(24)14-7-11-25-12-8-14/h4,6,9,13-14,16H,2-3,5,7-8,10-12H2,1H3,(H,20,21)/t16-/m1/s1. The summed E-state index contributed by atoms with van der Waals surface area (Å²) in [5.74, 6) is 1.26. The SMILES string of the molecule is CNc1nc([C@H]2CCCCN2C(=O)C2CCOCC2)cn2cccc12. The lowest BCUT2D eigenvalue weighted by atomic mass is 9.93. The third-order valence-corrected chi connectivity index (χ3v) is 5.47. The van der Waals surface area contributed by atoms with Gasteiger partial charge in [-0.15, -0.1) is 0 Å². The number of fused-ring (bicyclic) bond motifs is 1. The van der Waals surface area contributed by atoms with Crippen LogP contribution in [-0.2, 0) is 9.53 Å². The number of nitrogens with one attached hydrogen (secondary N) is 1. The lowest BCUT2D eigenvalue weighted by Crippen LogP contribution is -2.43. The van der Waals surface area contributed by atoms with Crippen molar-refractivity contribution in [2.75, 3.05) is 32.1 Å². The largest absolute Gasteiger partial charge is 0.381 e. The second-order valence-electron chi connectivity index (χ2n) is 6.99. The molecule has 2 aromatic heterocycles. The molecule has 0 spiro atoms. The first-order chi connectivity index (χ1) is 12.3. The van der Waals surface area contributed by atoms with E-state index in [2.05, 4.69) is 26.9 Å². The van der Waals surface area contributed by atoms with Crippen LogP contribution >= 0.6 is 0 Å². The summed E-state index contributed by atoms with van der Waals surface area (Å²) < 4.78 is 7.52. The van der Waals surface area contributed by atoms with Crippen molar-refractivity contribution in [2.45, 2.75) is 38.1 Å². The minimum atomic E-state index is 0.0722. The van der Waals surface area contributed by atoms with Crippen molar-refractivity contribution in [1.82, 2.24) is 14.3 Å². The molecular formula is C19H26N4O2. The molecule has 1 amide bonds. The minimum absolute atomic E-state index is 0.0722. The Hall–Kier alpha value is -2.08. The van der Waals surface area contributed by atoms with Crippen LogP contribution in [-0.4, -0.2) is 47.0 Å². The third-order valence-electron chi connectivity index (χ3n) is 5.47. The Bertz CT molecular complexity index is 751. The van der Waals surface area contributed by atoms with Gasteiger partial charge in [0, 0.05) is 45.1 Å². The van der Waals surface area contributed by atoms with Crippen LogP contribution in [0, 0.1) is 5.92 Å². The molecule has 2 aliphatic rings. The Labute approximate surface area is 148 Å². The van der Waals surface area contributed by atoms with Gasteiger partial charge < -0.3 is 19.4 Å². The van der Waals surface area contributed by atoms with Crippen molar-refractivity contribution in [3.8, 4) is 0 Å². The number of hydrogen-bond donors (Lipinski definition) is 1. The number of carbonyl (C=O) groups is 1. The van der Waals surface area contributed by atoms with E-state index in [0.717, 1.165) is 55.7 Å². The smallest absolute Gasteiger partial charge is 0.226 e. The minimum Gasteiger partial charge on any atom is -0.381 e. The number of likely N-dealkylation sites (tertiary alicyclic amines) is 1. The molecule has 0 bridgehead atoms. The van der Waals surface area contributed by atoms with Crippen molar-refractivity contribution in [1.29, 1.82) is 0 Å². The topological polar surface area (TPSA) is 58.9 Å². The van der Waals surface area contributed by atoms with E-state index < -0.39 is 0 Å². The summed E-state index contributed by atoms with van der Waals surface area (Å²) in [6.07, 6.45) is 9.00. The molecule has 6 nitrogen and oxygen atoms in total. The predicted molar refractivity (Wildman–Crippen MR) is 96.6 cm³/mol. The van der Waals surface area contributed by atoms with E-state index in [1.54, 1.807) is 0 Å². The van der Waals surface area contributed by atoms with Crippen LogP contribution in [0.5, 0.6) is 0 Å². The number of aromatic nitrogens is 2. The highest BCUT2D eigenvalue weighted by Gasteiger charge is 2.34. The Morgan fingerprint density at radius 2 is 2.12 bits per heavy atom. The third kappa shape index (κ3) is 3.11. The maximum absolute atomic E-state index is 13.1. The summed E-state index contributed by atoms with van der Waals surface area (Å²) >= 11 is 0. The normalized spacial score (nSPS) is 22.3. The van der Waals surface area contributed by atoms with Gasteiger partial charge in [0.05, 0.1) is 17.3 Å². The quantitative estimate of drug-likeness (QED) is 0.932. The molecule has 2 aliphatic heterocycles. The lowest BCUT2D eigenvalue weighted by molar-refractivity contribution is -0.142. The number of hydrogen-bond acceptors (Lipinski definition) is 4. The van der Waals surface area contributed by atoms with Crippen molar-refractivity contribution in [2.24, 2.45) is 5.92 Å². The van der Waals surface area contributed by atoms with E-state index in [-0.39, 0.29) is 17.9 Å². The molecular weight excluding hydrogens is 316 g/mol. The number of carbonyl (C=O) groups excluding carboxylic acids is 1. The van der Waals surface area contributed by atoms with E-state index in [4.69, 9.17) is 9.72 Å². The van der Waals surface area contributed by atoms with Gasteiger partial charge in [0.2, 0.25) is 5.91 Å². The van der Waals surface area contributed by atoms with Gasteiger partial charge >= 0.3 is 0 Å². The first-order valence-electron chi connectivity index (χ1n) is 9.31. The van der Waals surface area contributed by atoms with Gasteiger partial charge in [-0.05, 0) is 44.2 Å². The molecule has 2 aromatic rings. The highest BCUT2D eigenvalue weighted by atomic mass is 16.5. The van der Waals surface area contributed by atoms with Gasteiger partial charge in [0.1, 0.15) is 5.82 Å². The van der Waals surface area contributed by atoms with E-state index in [9.17, 15) is 4.79 Å². The van der Waals surface area contributed by atoms with Gasteiger partial charge in [0.25, 0.3) is 0 Å². The van der Waals surface area contributed by atoms with Crippen molar-refractivity contribution in [3.63, 3.8) is 0 Å². The Kier molecular flexibility index (Phi) is 4.61. The predicted octanol–water partition coefficient (Wildman–Crippen LogP) is 2.86. The number of ether oxygens (including phenoxy) is 1. The number of piperidine rings is 1. The first-order valence-corrected chi connectivity index (χ1v) is 9.31. The molecule has 134 valence electrons. The van der Waals surface area contributed by atoms with Crippen LogP contribution in [0.15, 0.2) is 24.5 Å². The average molecular weight is 342 g/mol. The molecule has 1 N–H and O–H groups in total. The molecule has 0 radical (unpaired) electrons. The van der Waals surface area contributed by atoms with Crippen LogP contribution in [0.1, 0.15) is 43.8 Å². The highest BCUT2D eigenvalue weighted by molar-refractivity contribution is 5.79. The van der Waals surface area contributed by atoms with E-state index in [1.165, 1.54) is 0 Å². The van der Waals surface area contributed by atoms with Crippen molar-refractivity contribution >= 4 is 17.2 Å². The fraction of sp³-hybridized carbons (Fsp3) is 0.579. The maximum atomic E-state index is 13.1. The fourth-order valence-corrected chi connectivity index (χ4v) is 4.09. The summed E-state index contributed by atoms with van der Waals surface area (Å²) in [6.45, 7) is 2.24. The zero-order valence-electron chi connectivity index (χ0n) is 14.8. The molecule has 0 saturated carbocycles. The van der Waals surface area contributed by atoms with Gasteiger partial charge in [-0.1, -0.05) is 0 Å². The van der Waals surface area contributed by atoms with E-state index in [1.807, 2.05) is 19.3 Å². The molecule has 0 unspecified atom stereocenters. The molecule has 1 atom stereocenters. The van der Waals surface area contributed by atoms with Gasteiger partial charge in [-0.2, -0.15) is 0 Å². The van der Waals surface area contributed by atoms with Crippen molar-refractivity contribution in [3.05, 3.63) is 30.2 Å². The molecule has 0 aliphatic carbocycles. The zero-order chi connectivity index (χ0) is 17.2. The second kappa shape index (κ2) is 7.04. The Morgan fingerprint density at radius 1 is 1.28 bits per heavy atom. The first kappa shape index (κ1) is 16.4. The Balaban J connectivity index is 1.65. The number of amides is 1. The number of nitrogens with zero attached hydrogens (tertiary/aromatic N) is 3. The van der Waals surface area contributed by atoms with Crippen LogP contribution in [0.3, 0.4) is 0 Å². The summed E-state index contributed by atoms with van der Waals surface area (Å²) in [4.78, 5) is 20.0. The molecule has 2 saturated heterocycles. The molecule has 25 heavy (non-hydrogen) atoms. The van der Waals surface area contributed by atoms with Gasteiger partial charge in [-0.3, -0.25) is 4.79 Å². The molecule has 6 heteroatoms. The number of anilines is 1. The molecule has 4 rings (SSSR count). The maximum Gasteiger partial charge on any atom is 0.226 e. The Morgan fingerprint density at radius 3 is 2.92 bits per heavy atom. The fourth-order valence-electron chi connectivity index (χ4n) is 4.09. The second-order valence-corrected chi connectivity index (χ2v) is 6.99. The van der Waals surface area contributed by atoms with Crippen LogP contribution in [0.25, 0.3) is 5.52 Å². The van der Waals surface area contributed by atoms with Crippen LogP contribution in [0.4, 0.5) is 5.82 Å². The van der Waals surface area contributed by atoms with Gasteiger partial charge in [0.15, 0.2) is 0 Å². The summed E-state index contributed by atoms with van der Waals surface area (Å²) in [5, 5.41) is 3.19. The van der Waals surface area contributed by atoms with E-state index >= 15 is 0 Å². The molecule has 0 aromatic carbocycles. The molecule has 2 fully saturated rings. The average Bonchev–Trinajstić information content (AvgIpc) is 3.16. The number of rotatable bonds is 3. The monoisotopic (exact) mass is 342 g/mol. The van der Waals surface area contributed by atoms with Crippen molar-refractivity contribution < 1.29 is 9.53 Å². The van der Waals surface area contributed by atoms with E-state index in [0.29, 0.717) is 13.2 Å². The van der Waals surface area contributed by atoms with Gasteiger partial charge in [-0.25, -0.2) is 4.98 Å². The lowest BCUT2D eigenvalue weighted by Gasteiger charge is -2.38. The zero-order valence-corrected chi connectivity index (χ0v) is 14.8. The van der Waals surface area contributed by atoms with Crippen LogP contribution < -0.4 is 5.32 Å². The molecule has 4 heterocycles. The summed E-state index contributed by atoms with van der Waals surface area (Å²) in [6, 6.07) is 4.14. The van der Waals surface area contributed by atoms with Crippen LogP contribution in [0.2, 0.25) is 0 Å². The highest BCUT2D eigenvalue weighted by Crippen LogP contribution is 2.33.